The zero-order chi connectivity index (χ0) is 27.8. The number of Topliss-reactive ketones (excluding diaryl/α,β-unsaturated/α-hetero) is 1. The van der Waals surface area contributed by atoms with Gasteiger partial charge in [-0.15, -0.1) is 0 Å². The number of pyridine rings is 1. The lowest BCUT2D eigenvalue weighted by atomic mass is 9.88. The number of ketones is 1. The van der Waals surface area contributed by atoms with Crippen LogP contribution in [-0.4, -0.2) is 46.3 Å². The molecule has 3 heterocycles. The van der Waals surface area contributed by atoms with Crippen LogP contribution in [0, 0.1) is 11.3 Å². The Morgan fingerprint density at radius 3 is 2.70 bits per heavy atom. The highest BCUT2D eigenvalue weighted by Crippen LogP contribution is 2.40. The van der Waals surface area contributed by atoms with Gasteiger partial charge in [-0.1, -0.05) is 24.3 Å². The summed E-state index contributed by atoms with van der Waals surface area (Å²) in [5.41, 5.74) is 7.07. The number of nitrogens with zero attached hydrogens (tertiary/aromatic N) is 4. The molecular weight excluding hydrogens is 500 g/mol. The van der Waals surface area contributed by atoms with Crippen LogP contribution in [0.25, 0.3) is 11.0 Å². The molecule has 1 fully saturated rings. The number of benzene rings is 2. The van der Waals surface area contributed by atoms with E-state index in [-0.39, 0.29) is 24.0 Å². The summed E-state index contributed by atoms with van der Waals surface area (Å²) in [6, 6.07) is 15.0. The van der Waals surface area contributed by atoms with Crippen molar-refractivity contribution < 1.29 is 14.3 Å². The number of hydrogen-bond donors (Lipinski definition) is 0. The first-order valence-electron chi connectivity index (χ1n) is 13.9. The minimum absolute atomic E-state index is 0.0896. The van der Waals surface area contributed by atoms with Crippen molar-refractivity contribution in [1.82, 2.24) is 14.5 Å². The number of hydrogen-bond acceptors (Lipinski definition) is 5. The molecule has 4 aromatic rings. The number of carbonyl (C=O) groups excluding carboxylic acids is 2. The van der Waals surface area contributed by atoms with E-state index in [9.17, 15) is 14.9 Å². The molecule has 2 aromatic heterocycles. The van der Waals surface area contributed by atoms with Gasteiger partial charge in [-0.05, 0) is 72.9 Å². The number of carbonyl (C=O) groups is 2. The molecule has 1 aliphatic carbocycles. The summed E-state index contributed by atoms with van der Waals surface area (Å²) in [6.07, 6.45) is 8.85. The Morgan fingerprint density at radius 2 is 1.93 bits per heavy atom. The molecule has 0 spiro atoms. The molecule has 2 aliphatic rings. The average molecular weight is 533 g/mol. The van der Waals surface area contributed by atoms with Gasteiger partial charge in [-0.2, -0.15) is 5.26 Å². The lowest BCUT2D eigenvalue weighted by Crippen LogP contribution is -2.38. The van der Waals surface area contributed by atoms with E-state index >= 15 is 0 Å². The summed E-state index contributed by atoms with van der Waals surface area (Å²) < 4.78 is 7.94. The van der Waals surface area contributed by atoms with Gasteiger partial charge < -0.3 is 14.2 Å². The van der Waals surface area contributed by atoms with Gasteiger partial charge in [0.2, 0.25) is 0 Å². The van der Waals surface area contributed by atoms with Crippen molar-refractivity contribution >= 4 is 22.7 Å². The van der Waals surface area contributed by atoms with E-state index in [4.69, 9.17) is 9.72 Å². The Kier molecular flexibility index (Phi) is 6.85. The maximum absolute atomic E-state index is 13.5. The van der Waals surface area contributed by atoms with Crippen LogP contribution in [0.4, 0.5) is 0 Å². The first kappa shape index (κ1) is 25.8. The second-order valence-corrected chi connectivity index (χ2v) is 10.9. The van der Waals surface area contributed by atoms with E-state index in [1.807, 2.05) is 28.6 Å². The molecule has 1 saturated heterocycles. The van der Waals surface area contributed by atoms with Crippen molar-refractivity contribution in [1.29, 1.82) is 5.26 Å². The summed E-state index contributed by atoms with van der Waals surface area (Å²) in [5.74, 6) is 0.982. The van der Waals surface area contributed by atoms with E-state index in [0.717, 1.165) is 59.8 Å². The van der Waals surface area contributed by atoms with Gasteiger partial charge >= 0.3 is 0 Å². The highest BCUT2D eigenvalue weighted by atomic mass is 16.5. The molecule has 0 atom stereocenters. The summed E-state index contributed by atoms with van der Waals surface area (Å²) in [4.78, 5) is 33.3. The summed E-state index contributed by atoms with van der Waals surface area (Å²) in [7, 11) is 3.61. The van der Waals surface area contributed by atoms with Gasteiger partial charge in [-0.25, -0.2) is 4.98 Å². The van der Waals surface area contributed by atoms with Crippen molar-refractivity contribution in [2.75, 3.05) is 20.2 Å². The summed E-state index contributed by atoms with van der Waals surface area (Å²) in [5, 5.41) is 10.2. The Hall–Kier alpha value is -4.44. The fraction of sp³-hybridized carbons (Fsp3) is 0.333. The second-order valence-electron chi connectivity index (χ2n) is 10.9. The average Bonchev–Trinajstić information content (AvgIpc) is 3.61. The number of rotatable bonds is 6. The van der Waals surface area contributed by atoms with Gasteiger partial charge in [0.05, 0.1) is 24.1 Å². The quantitative estimate of drug-likeness (QED) is 0.311. The Balaban J connectivity index is 1.25. The van der Waals surface area contributed by atoms with Crippen LogP contribution in [0.2, 0.25) is 0 Å². The molecular formula is C33H32N4O3. The number of piperidine rings is 1. The van der Waals surface area contributed by atoms with Gasteiger partial charge in [0.15, 0.2) is 5.78 Å². The monoisotopic (exact) mass is 532 g/mol. The van der Waals surface area contributed by atoms with Crippen molar-refractivity contribution in [3.8, 4) is 11.8 Å². The number of ether oxygens (including phenoxy) is 1. The van der Waals surface area contributed by atoms with E-state index in [1.54, 1.807) is 37.6 Å². The van der Waals surface area contributed by atoms with Crippen LogP contribution in [-0.2, 0) is 26.3 Å². The zero-order valence-electron chi connectivity index (χ0n) is 22.9. The molecule has 0 unspecified atom stereocenters. The molecule has 0 N–H and O–H groups in total. The minimum atomic E-state index is -0.0896. The first-order valence-corrected chi connectivity index (χ1v) is 13.9. The van der Waals surface area contributed by atoms with Gasteiger partial charge in [0.25, 0.3) is 5.91 Å². The molecule has 0 radical (unpaired) electrons. The van der Waals surface area contributed by atoms with Crippen molar-refractivity contribution in [3.63, 3.8) is 0 Å². The lowest BCUT2D eigenvalue weighted by molar-refractivity contribution is 0.0712. The summed E-state index contributed by atoms with van der Waals surface area (Å²) >= 11 is 0. The molecule has 0 saturated carbocycles. The van der Waals surface area contributed by atoms with E-state index in [0.29, 0.717) is 30.0 Å². The maximum Gasteiger partial charge on any atom is 0.254 e. The maximum atomic E-state index is 13.5. The molecule has 40 heavy (non-hydrogen) atoms. The minimum Gasteiger partial charge on any atom is -0.496 e. The van der Waals surface area contributed by atoms with Gasteiger partial charge in [0.1, 0.15) is 11.4 Å². The number of nitriles is 1. The number of methoxy groups -OCH3 is 1. The van der Waals surface area contributed by atoms with Crippen LogP contribution in [0.3, 0.4) is 0 Å². The number of amides is 1. The van der Waals surface area contributed by atoms with Gasteiger partial charge in [-0.3, -0.25) is 9.59 Å². The van der Waals surface area contributed by atoms with Crippen molar-refractivity contribution in [2.45, 2.75) is 44.4 Å². The van der Waals surface area contributed by atoms with Crippen LogP contribution in [0.1, 0.15) is 73.7 Å². The van der Waals surface area contributed by atoms with Crippen molar-refractivity contribution in [3.05, 3.63) is 93.8 Å². The molecule has 0 bridgehead atoms. The van der Waals surface area contributed by atoms with E-state index in [1.165, 1.54) is 11.1 Å². The van der Waals surface area contributed by atoms with Crippen LogP contribution in [0.5, 0.6) is 5.75 Å². The predicted molar refractivity (Wildman–Crippen MR) is 153 cm³/mol. The largest absolute Gasteiger partial charge is 0.496 e. The number of fused-ring (bicyclic) bond motifs is 2. The predicted octanol–water partition coefficient (Wildman–Crippen LogP) is 5.39. The molecule has 1 amide bonds. The van der Waals surface area contributed by atoms with Crippen LogP contribution in [0.15, 0.2) is 54.9 Å². The van der Waals surface area contributed by atoms with Gasteiger partial charge in [0, 0.05) is 55.6 Å². The Labute approximate surface area is 234 Å². The molecule has 2 aromatic carbocycles. The second kappa shape index (κ2) is 10.6. The lowest BCUT2D eigenvalue weighted by Gasteiger charge is -2.32. The fourth-order valence-corrected chi connectivity index (χ4v) is 6.48. The molecule has 7 heteroatoms. The molecule has 6 rings (SSSR count). The standard InChI is InChI=1S/C33H32N4O3/c1-36-20-28(23-12-14-37(15-13-23)33(39)27-11-5-8-22-7-4-10-26(22)27)30-31(40-2)25(19-35-32(30)36)17-29(38)24-9-3-6-21(16-24)18-34/h3,5-6,8-9,11,16,19-20,23H,4,7,10,12-15,17H2,1-2H3. The SMILES string of the molecule is COc1c(CC(=O)c2cccc(C#N)c2)cnc2c1c(C1CCN(C(=O)c3cccc4c3CCC4)CC1)cn2C. The molecule has 202 valence electrons. The fourth-order valence-electron chi connectivity index (χ4n) is 6.48. The third-order valence-corrected chi connectivity index (χ3v) is 8.51. The number of aryl methyl sites for hydroxylation is 2. The summed E-state index contributed by atoms with van der Waals surface area (Å²) in [6.45, 7) is 1.40. The van der Waals surface area contributed by atoms with Crippen LogP contribution >= 0.6 is 0 Å². The highest BCUT2D eigenvalue weighted by molar-refractivity contribution is 5.99. The number of aromatic nitrogens is 2. The molecule has 7 nitrogen and oxygen atoms in total. The first-order chi connectivity index (χ1) is 19.5. The third-order valence-electron chi connectivity index (χ3n) is 8.51. The third kappa shape index (κ3) is 4.54. The molecule has 1 aliphatic heterocycles. The smallest absolute Gasteiger partial charge is 0.254 e. The zero-order valence-corrected chi connectivity index (χ0v) is 22.9. The normalized spacial score (nSPS) is 15.2. The highest BCUT2D eigenvalue weighted by Gasteiger charge is 2.30. The Bertz CT molecular complexity index is 1670. The number of likely N-dealkylation sites (tertiary alicyclic amines) is 1. The topological polar surface area (TPSA) is 88.2 Å². The Morgan fingerprint density at radius 1 is 1.12 bits per heavy atom. The van der Waals surface area contributed by atoms with Crippen molar-refractivity contribution in [2.24, 2.45) is 7.05 Å². The van der Waals surface area contributed by atoms with E-state index < -0.39 is 0 Å². The van der Waals surface area contributed by atoms with E-state index in [2.05, 4.69) is 18.3 Å². The van der Waals surface area contributed by atoms with Crippen LogP contribution < -0.4 is 4.74 Å².